The van der Waals surface area contributed by atoms with Crippen LogP contribution in [-0.4, -0.2) is 15.0 Å². The molecule has 2 aromatic carbocycles. The Morgan fingerprint density at radius 3 is 2.50 bits per heavy atom. The minimum absolute atomic E-state index is 0.136. The molecule has 0 bridgehead atoms. The van der Waals surface area contributed by atoms with Crippen LogP contribution in [0.2, 0.25) is 0 Å². The number of aromatic nitrogens is 2. The van der Waals surface area contributed by atoms with E-state index in [9.17, 15) is 14.4 Å². The van der Waals surface area contributed by atoms with E-state index in [-0.39, 0.29) is 31.1 Å². The van der Waals surface area contributed by atoms with Gasteiger partial charge in [-0.3, -0.25) is 18.7 Å². The summed E-state index contributed by atoms with van der Waals surface area (Å²) in [6.45, 7) is 0.153. The van der Waals surface area contributed by atoms with E-state index in [1.807, 2.05) is 54.6 Å². The van der Waals surface area contributed by atoms with Crippen LogP contribution in [0.5, 0.6) is 0 Å². The Labute approximate surface area is 186 Å². The number of carbonyl (C=O) groups excluding carboxylic acids is 1. The van der Waals surface area contributed by atoms with E-state index >= 15 is 0 Å². The highest BCUT2D eigenvalue weighted by atomic mass is 32.1. The van der Waals surface area contributed by atoms with Crippen molar-refractivity contribution in [2.75, 3.05) is 0 Å². The number of furan rings is 1. The predicted octanol–water partition coefficient (Wildman–Crippen LogP) is 3.34. The van der Waals surface area contributed by atoms with Crippen molar-refractivity contribution in [3.63, 3.8) is 0 Å². The molecule has 0 radical (unpaired) electrons. The van der Waals surface area contributed by atoms with Gasteiger partial charge in [0.1, 0.15) is 17.0 Å². The molecule has 0 unspecified atom stereocenters. The zero-order valence-electron chi connectivity index (χ0n) is 17.0. The molecule has 5 rings (SSSR count). The number of fused-ring (bicyclic) bond motifs is 3. The predicted molar refractivity (Wildman–Crippen MR) is 124 cm³/mol. The summed E-state index contributed by atoms with van der Waals surface area (Å²) in [6.07, 6.45) is 1.53. The third-order valence-corrected chi connectivity index (χ3v) is 6.41. The first-order chi connectivity index (χ1) is 15.6. The Morgan fingerprint density at radius 2 is 1.72 bits per heavy atom. The highest BCUT2D eigenvalue weighted by Crippen LogP contribution is 2.30. The number of nitrogens with one attached hydrogen (secondary N) is 1. The van der Waals surface area contributed by atoms with Crippen LogP contribution in [0.25, 0.3) is 20.3 Å². The standard InChI is InChI=1S/C24H19N3O4S/c28-20(25-13-17-9-6-12-31-17)15-26-21-18-10-4-5-11-19(18)32-22(21)23(29)27(24(26)30)14-16-7-2-1-3-8-16/h1-12H,13-15H2,(H,25,28). The average molecular weight is 446 g/mol. The maximum atomic E-state index is 13.5. The second kappa shape index (κ2) is 8.32. The van der Waals surface area contributed by atoms with Gasteiger partial charge >= 0.3 is 5.69 Å². The van der Waals surface area contributed by atoms with E-state index in [4.69, 9.17) is 4.42 Å². The van der Waals surface area contributed by atoms with Crippen molar-refractivity contribution in [1.82, 2.24) is 14.5 Å². The molecule has 0 aliphatic carbocycles. The quantitative estimate of drug-likeness (QED) is 0.434. The minimum Gasteiger partial charge on any atom is -0.467 e. The molecule has 1 amide bonds. The molecule has 0 fully saturated rings. The maximum absolute atomic E-state index is 13.5. The second-order valence-corrected chi connectivity index (χ2v) is 8.43. The molecule has 0 saturated carbocycles. The van der Waals surface area contributed by atoms with E-state index in [2.05, 4.69) is 5.32 Å². The molecule has 3 heterocycles. The summed E-state index contributed by atoms with van der Waals surface area (Å²) in [5.74, 6) is 0.274. The Morgan fingerprint density at radius 1 is 0.938 bits per heavy atom. The first kappa shape index (κ1) is 20.0. The highest BCUT2D eigenvalue weighted by molar-refractivity contribution is 7.25. The molecule has 0 aliphatic rings. The highest BCUT2D eigenvalue weighted by Gasteiger charge is 2.20. The lowest BCUT2D eigenvalue weighted by atomic mass is 10.2. The Kier molecular flexibility index (Phi) is 5.20. The van der Waals surface area contributed by atoms with E-state index in [0.29, 0.717) is 16.0 Å². The van der Waals surface area contributed by atoms with Crippen LogP contribution in [0.4, 0.5) is 0 Å². The Bertz CT molecular complexity index is 1530. The van der Waals surface area contributed by atoms with Gasteiger partial charge in [0.05, 0.1) is 24.9 Å². The van der Waals surface area contributed by atoms with Gasteiger partial charge in [-0.1, -0.05) is 48.5 Å². The van der Waals surface area contributed by atoms with Crippen LogP contribution in [0.3, 0.4) is 0 Å². The van der Waals surface area contributed by atoms with E-state index in [1.165, 1.54) is 26.7 Å². The van der Waals surface area contributed by atoms with Gasteiger partial charge in [0, 0.05) is 10.1 Å². The lowest BCUT2D eigenvalue weighted by molar-refractivity contribution is -0.121. The van der Waals surface area contributed by atoms with Gasteiger partial charge < -0.3 is 9.73 Å². The molecule has 0 spiro atoms. The normalized spacial score (nSPS) is 11.2. The molecule has 7 nitrogen and oxygen atoms in total. The van der Waals surface area contributed by atoms with E-state index < -0.39 is 5.69 Å². The van der Waals surface area contributed by atoms with Gasteiger partial charge in [0.15, 0.2) is 0 Å². The number of thiophene rings is 1. The minimum atomic E-state index is -0.511. The van der Waals surface area contributed by atoms with Crippen LogP contribution < -0.4 is 16.6 Å². The maximum Gasteiger partial charge on any atom is 0.332 e. The lowest BCUT2D eigenvalue weighted by Crippen LogP contribution is -2.42. The third-order valence-electron chi connectivity index (χ3n) is 5.27. The number of amides is 1. The van der Waals surface area contributed by atoms with Crippen molar-refractivity contribution >= 4 is 37.5 Å². The summed E-state index contributed by atoms with van der Waals surface area (Å²) in [7, 11) is 0. The fourth-order valence-corrected chi connectivity index (χ4v) is 4.90. The SMILES string of the molecule is O=C(Cn1c(=O)n(Cc2ccccc2)c(=O)c2sc3ccccc3c21)NCc1ccco1. The summed E-state index contributed by atoms with van der Waals surface area (Å²) in [5.41, 5.74) is 0.476. The Balaban J connectivity index is 1.62. The Hall–Kier alpha value is -3.91. The van der Waals surface area contributed by atoms with Crippen molar-refractivity contribution in [1.29, 1.82) is 0 Å². The summed E-state index contributed by atoms with van der Waals surface area (Å²) in [5, 5.41) is 3.56. The summed E-state index contributed by atoms with van der Waals surface area (Å²) < 4.78 is 9.20. The number of hydrogen-bond acceptors (Lipinski definition) is 5. The van der Waals surface area contributed by atoms with Crippen LogP contribution in [-0.2, 0) is 24.4 Å². The van der Waals surface area contributed by atoms with Gasteiger partial charge in [-0.05, 0) is 23.8 Å². The smallest absolute Gasteiger partial charge is 0.332 e. The first-order valence-corrected chi connectivity index (χ1v) is 10.9. The summed E-state index contributed by atoms with van der Waals surface area (Å²) >= 11 is 1.33. The first-order valence-electron chi connectivity index (χ1n) is 10.1. The zero-order valence-corrected chi connectivity index (χ0v) is 17.8. The molecule has 0 atom stereocenters. The van der Waals surface area contributed by atoms with Crippen LogP contribution in [0.15, 0.2) is 87.0 Å². The van der Waals surface area contributed by atoms with Gasteiger partial charge in [0.2, 0.25) is 5.91 Å². The van der Waals surface area contributed by atoms with Crippen LogP contribution in [0, 0.1) is 0 Å². The fraction of sp³-hybridized carbons (Fsp3) is 0.125. The number of rotatable bonds is 6. The van der Waals surface area contributed by atoms with Crippen molar-refractivity contribution in [3.05, 3.63) is 105 Å². The van der Waals surface area contributed by atoms with Crippen molar-refractivity contribution < 1.29 is 9.21 Å². The molecule has 5 aromatic rings. The van der Waals surface area contributed by atoms with Gasteiger partial charge in [0.25, 0.3) is 5.56 Å². The van der Waals surface area contributed by atoms with Gasteiger partial charge in [-0.15, -0.1) is 11.3 Å². The fourth-order valence-electron chi connectivity index (χ4n) is 3.75. The molecular weight excluding hydrogens is 426 g/mol. The number of hydrogen-bond donors (Lipinski definition) is 1. The van der Waals surface area contributed by atoms with Crippen molar-refractivity contribution in [2.24, 2.45) is 0 Å². The number of nitrogens with zero attached hydrogens (tertiary/aromatic N) is 2. The molecular formula is C24H19N3O4S. The molecule has 0 saturated heterocycles. The van der Waals surface area contributed by atoms with Gasteiger partial charge in [-0.2, -0.15) is 0 Å². The van der Waals surface area contributed by atoms with Crippen LogP contribution >= 0.6 is 11.3 Å². The monoisotopic (exact) mass is 445 g/mol. The molecule has 1 N–H and O–H groups in total. The van der Waals surface area contributed by atoms with Crippen molar-refractivity contribution in [2.45, 2.75) is 19.6 Å². The molecule has 8 heteroatoms. The largest absolute Gasteiger partial charge is 0.467 e. The van der Waals surface area contributed by atoms with Gasteiger partial charge in [-0.25, -0.2) is 4.79 Å². The topological polar surface area (TPSA) is 86.2 Å². The van der Waals surface area contributed by atoms with Crippen LogP contribution in [0.1, 0.15) is 11.3 Å². The lowest BCUT2D eigenvalue weighted by Gasteiger charge is -2.13. The number of carbonyl (C=O) groups is 1. The van der Waals surface area contributed by atoms with Crippen molar-refractivity contribution in [3.8, 4) is 0 Å². The second-order valence-electron chi connectivity index (χ2n) is 7.38. The van der Waals surface area contributed by atoms with E-state index in [1.54, 1.807) is 12.1 Å². The number of benzene rings is 2. The van der Waals surface area contributed by atoms with E-state index in [0.717, 1.165) is 15.6 Å². The third kappa shape index (κ3) is 3.65. The average Bonchev–Trinajstić information content (AvgIpc) is 3.47. The summed E-state index contributed by atoms with van der Waals surface area (Å²) in [4.78, 5) is 39.5. The summed E-state index contributed by atoms with van der Waals surface area (Å²) in [6, 6.07) is 20.3. The molecule has 32 heavy (non-hydrogen) atoms. The molecule has 0 aliphatic heterocycles. The molecule has 160 valence electrons. The zero-order chi connectivity index (χ0) is 22.1. The molecule has 3 aromatic heterocycles.